The molecule has 2 fully saturated rings. The van der Waals surface area contributed by atoms with Crippen molar-refractivity contribution in [3.05, 3.63) is 12.7 Å². The van der Waals surface area contributed by atoms with Crippen LogP contribution < -0.4 is 0 Å². The molecule has 0 aromatic rings. The summed E-state index contributed by atoms with van der Waals surface area (Å²) in [7, 11) is 1.45. The Morgan fingerprint density at radius 2 is 1.96 bits per heavy atom. The highest BCUT2D eigenvalue weighted by Crippen LogP contribution is 2.33. The minimum Gasteiger partial charge on any atom is -0.469 e. The average molecular weight is 381 g/mol. The second kappa shape index (κ2) is 9.58. The summed E-state index contributed by atoms with van der Waals surface area (Å²) in [5.41, 5.74) is -0.504. The minimum absolute atomic E-state index is 0.118. The second-order valence-electron chi connectivity index (χ2n) is 8.79. The molecule has 2 saturated heterocycles. The van der Waals surface area contributed by atoms with Gasteiger partial charge in [-0.15, -0.1) is 6.58 Å². The number of likely N-dealkylation sites (tertiary alicyclic amines) is 2. The average Bonchev–Trinajstić information content (AvgIpc) is 2.64. The largest absolute Gasteiger partial charge is 0.469 e. The van der Waals surface area contributed by atoms with Crippen LogP contribution in [0.1, 0.15) is 52.9 Å². The molecule has 6 heteroatoms. The van der Waals surface area contributed by atoms with Gasteiger partial charge in [-0.1, -0.05) is 6.08 Å². The third-order valence-corrected chi connectivity index (χ3v) is 5.46. The van der Waals surface area contributed by atoms with Crippen LogP contribution in [0, 0.1) is 11.8 Å². The van der Waals surface area contributed by atoms with E-state index in [0.717, 1.165) is 58.3 Å². The standard InChI is InChI=1S/C21H36N2O4/c1-6-7-11-22-14-16(13-17(15-22)19(24)26-5)18-10-8-9-12-23(18)20(25)27-21(2,3)4/h6,16-18H,1,7-15H2,2-5H3/t16-,17+,18+/m0/s1. The lowest BCUT2D eigenvalue weighted by Gasteiger charge is -2.45. The van der Waals surface area contributed by atoms with E-state index in [2.05, 4.69) is 11.5 Å². The van der Waals surface area contributed by atoms with Crippen LogP contribution in [0.2, 0.25) is 0 Å². The van der Waals surface area contributed by atoms with E-state index in [0.29, 0.717) is 0 Å². The van der Waals surface area contributed by atoms with Gasteiger partial charge in [-0.3, -0.25) is 4.79 Å². The second-order valence-corrected chi connectivity index (χ2v) is 8.79. The number of piperidine rings is 2. The van der Waals surface area contributed by atoms with Crippen LogP contribution >= 0.6 is 0 Å². The Kier molecular flexibility index (Phi) is 7.71. The molecule has 0 spiro atoms. The molecule has 0 aromatic carbocycles. The molecule has 3 atom stereocenters. The van der Waals surface area contributed by atoms with Gasteiger partial charge in [0.15, 0.2) is 0 Å². The first kappa shape index (κ1) is 21.7. The molecule has 2 aliphatic rings. The lowest BCUT2D eigenvalue weighted by atomic mass is 9.80. The highest BCUT2D eigenvalue weighted by molar-refractivity contribution is 5.73. The van der Waals surface area contributed by atoms with Gasteiger partial charge in [0, 0.05) is 32.2 Å². The fourth-order valence-electron chi connectivity index (χ4n) is 4.30. The van der Waals surface area contributed by atoms with Crippen molar-refractivity contribution < 1.29 is 19.1 Å². The van der Waals surface area contributed by atoms with Crippen molar-refractivity contribution in [1.29, 1.82) is 0 Å². The van der Waals surface area contributed by atoms with Crippen LogP contribution in [-0.4, -0.2) is 66.8 Å². The van der Waals surface area contributed by atoms with Crippen LogP contribution in [0.5, 0.6) is 0 Å². The number of amides is 1. The van der Waals surface area contributed by atoms with E-state index < -0.39 is 5.60 Å². The number of hydrogen-bond donors (Lipinski definition) is 0. The number of ether oxygens (including phenoxy) is 2. The summed E-state index contributed by atoms with van der Waals surface area (Å²) in [6.45, 7) is 12.7. The summed E-state index contributed by atoms with van der Waals surface area (Å²) in [4.78, 5) is 29.2. The van der Waals surface area contributed by atoms with E-state index in [1.54, 1.807) is 0 Å². The number of esters is 1. The maximum atomic E-state index is 12.8. The maximum absolute atomic E-state index is 12.8. The first-order chi connectivity index (χ1) is 12.7. The van der Waals surface area contributed by atoms with E-state index >= 15 is 0 Å². The predicted octanol–water partition coefficient (Wildman–Crippen LogP) is 3.46. The van der Waals surface area contributed by atoms with E-state index in [9.17, 15) is 9.59 Å². The molecule has 0 aliphatic carbocycles. The van der Waals surface area contributed by atoms with Crippen molar-refractivity contribution in [2.24, 2.45) is 11.8 Å². The predicted molar refractivity (Wildman–Crippen MR) is 105 cm³/mol. The van der Waals surface area contributed by atoms with Crippen LogP contribution in [0.4, 0.5) is 4.79 Å². The maximum Gasteiger partial charge on any atom is 0.410 e. The molecule has 0 bridgehead atoms. The van der Waals surface area contributed by atoms with Gasteiger partial charge >= 0.3 is 12.1 Å². The molecule has 0 unspecified atom stereocenters. The SMILES string of the molecule is C=CCCN1C[C@H](C(=O)OC)C[C@H]([C@H]2CCCCN2C(=O)OC(C)(C)C)C1. The van der Waals surface area contributed by atoms with Crippen molar-refractivity contribution >= 4 is 12.1 Å². The van der Waals surface area contributed by atoms with E-state index in [1.807, 2.05) is 31.7 Å². The lowest BCUT2D eigenvalue weighted by molar-refractivity contribution is -0.148. The summed E-state index contributed by atoms with van der Waals surface area (Å²) < 4.78 is 10.7. The number of carbonyl (C=O) groups excluding carboxylic acids is 2. The lowest BCUT2D eigenvalue weighted by Crippen LogP contribution is -2.55. The molecule has 6 nitrogen and oxygen atoms in total. The van der Waals surface area contributed by atoms with Gasteiger partial charge in [0.05, 0.1) is 13.0 Å². The summed E-state index contributed by atoms with van der Waals surface area (Å²) in [5.74, 6) is -0.0376. The van der Waals surface area contributed by atoms with Crippen molar-refractivity contribution in [2.45, 2.75) is 64.5 Å². The van der Waals surface area contributed by atoms with E-state index in [-0.39, 0.29) is 29.9 Å². The number of carbonyl (C=O) groups is 2. The van der Waals surface area contributed by atoms with Gasteiger partial charge < -0.3 is 19.3 Å². The van der Waals surface area contributed by atoms with Crippen molar-refractivity contribution in [1.82, 2.24) is 9.80 Å². The fraction of sp³-hybridized carbons (Fsp3) is 0.810. The number of rotatable bonds is 5. The molecule has 0 N–H and O–H groups in total. The summed E-state index contributed by atoms with van der Waals surface area (Å²) >= 11 is 0. The van der Waals surface area contributed by atoms with Gasteiger partial charge in [0.25, 0.3) is 0 Å². The smallest absolute Gasteiger partial charge is 0.410 e. The number of methoxy groups -OCH3 is 1. The van der Waals surface area contributed by atoms with Gasteiger partial charge in [-0.25, -0.2) is 4.79 Å². The number of hydrogen-bond acceptors (Lipinski definition) is 5. The first-order valence-electron chi connectivity index (χ1n) is 10.2. The highest BCUT2D eigenvalue weighted by atomic mass is 16.6. The highest BCUT2D eigenvalue weighted by Gasteiger charge is 2.41. The minimum atomic E-state index is -0.504. The van der Waals surface area contributed by atoms with E-state index in [1.165, 1.54) is 7.11 Å². The molecule has 0 aromatic heterocycles. The zero-order valence-electron chi connectivity index (χ0n) is 17.4. The third-order valence-electron chi connectivity index (χ3n) is 5.46. The van der Waals surface area contributed by atoms with Crippen molar-refractivity contribution in [2.75, 3.05) is 33.3 Å². The summed E-state index contributed by atoms with van der Waals surface area (Å²) in [6, 6.07) is 0.118. The Bertz CT molecular complexity index is 529. The molecule has 1 amide bonds. The van der Waals surface area contributed by atoms with Crippen molar-refractivity contribution in [3.63, 3.8) is 0 Å². The van der Waals surface area contributed by atoms with Gasteiger partial charge in [0.2, 0.25) is 0 Å². The van der Waals surface area contributed by atoms with Gasteiger partial charge in [0.1, 0.15) is 5.60 Å². The van der Waals surface area contributed by atoms with Gasteiger partial charge in [-0.05, 0) is 58.8 Å². The molecule has 2 heterocycles. The molecule has 0 saturated carbocycles. The molecule has 2 rings (SSSR count). The Balaban J connectivity index is 2.15. The van der Waals surface area contributed by atoms with Crippen LogP contribution in [0.25, 0.3) is 0 Å². The Labute approximate surface area is 163 Å². The summed E-state index contributed by atoms with van der Waals surface area (Å²) in [6.07, 6.45) is 6.41. The molecule has 154 valence electrons. The zero-order chi connectivity index (χ0) is 20.0. The molecule has 27 heavy (non-hydrogen) atoms. The quantitative estimate of drug-likeness (QED) is 0.540. The molecular weight excluding hydrogens is 344 g/mol. The Morgan fingerprint density at radius 3 is 2.59 bits per heavy atom. The third kappa shape index (κ3) is 6.23. The van der Waals surface area contributed by atoms with Crippen LogP contribution in [0.15, 0.2) is 12.7 Å². The topological polar surface area (TPSA) is 59.1 Å². The van der Waals surface area contributed by atoms with Crippen molar-refractivity contribution in [3.8, 4) is 0 Å². The molecular formula is C21H36N2O4. The van der Waals surface area contributed by atoms with Crippen LogP contribution in [0.3, 0.4) is 0 Å². The van der Waals surface area contributed by atoms with Gasteiger partial charge in [-0.2, -0.15) is 0 Å². The first-order valence-corrected chi connectivity index (χ1v) is 10.2. The Morgan fingerprint density at radius 1 is 1.22 bits per heavy atom. The number of nitrogens with zero attached hydrogens (tertiary/aromatic N) is 2. The monoisotopic (exact) mass is 380 g/mol. The summed E-state index contributed by atoms with van der Waals surface area (Å²) in [5, 5.41) is 0. The molecule has 0 radical (unpaired) electrons. The van der Waals surface area contributed by atoms with E-state index in [4.69, 9.17) is 9.47 Å². The Hall–Kier alpha value is -1.56. The normalized spacial score (nSPS) is 27.1. The fourth-order valence-corrected chi connectivity index (χ4v) is 4.30. The zero-order valence-corrected chi connectivity index (χ0v) is 17.4. The van der Waals surface area contributed by atoms with Crippen LogP contribution in [-0.2, 0) is 14.3 Å². The molecule has 2 aliphatic heterocycles.